The Hall–Kier alpha value is -3.77. The predicted molar refractivity (Wildman–Crippen MR) is 123 cm³/mol. The number of nitrogens with zero attached hydrogens (tertiary/aromatic N) is 3. The standard InChI is InChI=1S/C25H24N4O2/c1-28(2)22(18-11-5-3-6-12-18)17-26-24(30)23-20-15-9-10-16-21(20)25(31)29(27-23)19-13-7-4-8-14-19/h3-16,22H,17H2,1-2H3,(H,26,30)/t22-/m0/s1. The smallest absolute Gasteiger partial charge is 0.279 e. The molecule has 1 atom stereocenters. The first kappa shape index (κ1) is 20.5. The lowest BCUT2D eigenvalue weighted by atomic mass is 10.1. The van der Waals surface area contributed by atoms with E-state index in [1.807, 2.05) is 62.6 Å². The van der Waals surface area contributed by atoms with Crippen LogP contribution in [0.25, 0.3) is 16.5 Å². The number of hydrogen-bond donors (Lipinski definition) is 1. The number of fused-ring (bicyclic) bond motifs is 1. The van der Waals surface area contributed by atoms with E-state index >= 15 is 0 Å². The van der Waals surface area contributed by atoms with Gasteiger partial charge in [0.2, 0.25) is 0 Å². The quantitative estimate of drug-likeness (QED) is 0.527. The van der Waals surface area contributed by atoms with Crippen molar-refractivity contribution in [3.63, 3.8) is 0 Å². The number of benzene rings is 3. The molecule has 1 amide bonds. The van der Waals surface area contributed by atoms with Crippen LogP contribution in [0.2, 0.25) is 0 Å². The Morgan fingerprint density at radius 2 is 1.48 bits per heavy atom. The second-order valence-electron chi connectivity index (χ2n) is 7.55. The first-order valence-corrected chi connectivity index (χ1v) is 10.1. The maximum atomic E-state index is 13.2. The maximum absolute atomic E-state index is 13.2. The molecule has 156 valence electrons. The Kier molecular flexibility index (Phi) is 5.91. The molecule has 0 saturated heterocycles. The number of nitrogens with one attached hydrogen (secondary N) is 1. The molecular weight excluding hydrogens is 388 g/mol. The molecule has 0 unspecified atom stereocenters. The third kappa shape index (κ3) is 4.25. The fourth-order valence-electron chi connectivity index (χ4n) is 3.65. The molecule has 6 nitrogen and oxygen atoms in total. The van der Waals surface area contributed by atoms with Crippen LogP contribution in [0.5, 0.6) is 0 Å². The Labute approximate surface area is 180 Å². The first-order chi connectivity index (χ1) is 15.1. The summed E-state index contributed by atoms with van der Waals surface area (Å²) in [6.45, 7) is 0.413. The van der Waals surface area contributed by atoms with Crippen LogP contribution in [-0.2, 0) is 0 Å². The number of para-hydroxylation sites is 1. The topological polar surface area (TPSA) is 67.2 Å². The normalized spacial score (nSPS) is 12.1. The van der Waals surface area contributed by atoms with Crippen LogP contribution in [0, 0.1) is 0 Å². The molecule has 0 aliphatic carbocycles. The van der Waals surface area contributed by atoms with Crippen molar-refractivity contribution >= 4 is 16.7 Å². The summed E-state index contributed by atoms with van der Waals surface area (Å²) >= 11 is 0. The van der Waals surface area contributed by atoms with Gasteiger partial charge in [0.05, 0.1) is 17.1 Å². The molecule has 0 aliphatic heterocycles. The van der Waals surface area contributed by atoms with E-state index in [0.717, 1.165) is 5.56 Å². The SMILES string of the molecule is CN(C)[C@@H](CNC(=O)c1nn(-c2ccccc2)c(=O)c2ccccc12)c1ccccc1. The number of hydrogen-bond acceptors (Lipinski definition) is 4. The Balaban J connectivity index is 1.71. The highest BCUT2D eigenvalue weighted by molar-refractivity contribution is 6.04. The summed E-state index contributed by atoms with van der Waals surface area (Å²) in [5.74, 6) is -0.316. The maximum Gasteiger partial charge on any atom is 0.279 e. The van der Waals surface area contributed by atoms with Crippen LogP contribution in [0.4, 0.5) is 0 Å². The highest BCUT2D eigenvalue weighted by Gasteiger charge is 2.20. The largest absolute Gasteiger partial charge is 0.349 e. The van der Waals surface area contributed by atoms with E-state index in [9.17, 15) is 9.59 Å². The van der Waals surface area contributed by atoms with Gasteiger partial charge in [0.25, 0.3) is 11.5 Å². The average Bonchev–Trinajstić information content (AvgIpc) is 2.80. The molecule has 0 bridgehead atoms. The van der Waals surface area contributed by atoms with E-state index in [-0.39, 0.29) is 23.2 Å². The van der Waals surface area contributed by atoms with Gasteiger partial charge in [-0.3, -0.25) is 9.59 Å². The molecule has 4 aromatic rings. The molecule has 1 aromatic heterocycles. The number of carbonyl (C=O) groups is 1. The summed E-state index contributed by atoms with van der Waals surface area (Å²) < 4.78 is 1.29. The van der Waals surface area contributed by atoms with Crippen molar-refractivity contribution in [1.29, 1.82) is 0 Å². The zero-order chi connectivity index (χ0) is 21.8. The van der Waals surface area contributed by atoms with Gasteiger partial charge in [-0.05, 0) is 37.9 Å². The van der Waals surface area contributed by atoms with Crippen LogP contribution >= 0.6 is 0 Å². The summed E-state index contributed by atoms with van der Waals surface area (Å²) in [7, 11) is 3.96. The summed E-state index contributed by atoms with van der Waals surface area (Å²) in [5.41, 5.74) is 1.70. The van der Waals surface area contributed by atoms with E-state index in [4.69, 9.17) is 0 Å². The van der Waals surface area contributed by atoms with Crippen LogP contribution in [0.1, 0.15) is 22.1 Å². The van der Waals surface area contributed by atoms with E-state index < -0.39 is 0 Å². The van der Waals surface area contributed by atoms with Gasteiger partial charge < -0.3 is 10.2 Å². The van der Waals surface area contributed by atoms with E-state index in [2.05, 4.69) is 15.3 Å². The van der Waals surface area contributed by atoms with Crippen molar-refractivity contribution in [1.82, 2.24) is 20.0 Å². The molecule has 6 heteroatoms. The molecule has 3 aromatic carbocycles. The third-order valence-corrected chi connectivity index (χ3v) is 5.28. The van der Waals surface area contributed by atoms with Crippen LogP contribution in [-0.4, -0.2) is 41.2 Å². The number of amides is 1. The second-order valence-corrected chi connectivity index (χ2v) is 7.55. The van der Waals surface area contributed by atoms with Crippen LogP contribution in [0.3, 0.4) is 0 Å². The first-order valence-electron chi connectivity index (χ1n) is 10.1. The van der Waals surface area contributed by atoms with Crippen LogP contribution < -0.4 is 10.9 Å². The van der Waals surface area contributed by atoms with E-state index in [0.29, 0.717) is 23.0 Å². The lowest BCUT2D eigenvalue weighted by Gasteiger charge is -2.25. The highest BCUT2D eigenvalue weighted by atomic mass is 16.2. The molecule has 0 radical (unpaired) electrons. The predicted octanol–water partition coefficient (Wildman–Crippen LogP) is 3.42. The second kappa shape index (κ2) is 8.93. The molecule has 1 N–H and O–H groups in total. The molecule has 31 heavy (non-hydrogen) atoms. The van der Waals surface area contributed by atoms with Crippen molar-refractivity contribution in [2.45, 2.75) is 6.04 Å². The van der Waals surface area contributed by atoms with Gasteiger partial charge in [0.15, 0.2) is 5.69 Å². The zero-order valence-electron chi connectivity index (χ0n) is 17.5. The van der Waals surface area contributed by atoms with Crippen molar-refractivity contribution in [2.75, 3.05) is 20.6 Å². The fourth-order valence-corrected chi connectivity index (χ4v) is 3.65. The molecule has 0 fully saturated rings. The average molecular weight is 412 g/mol. The third-order valence-electron chi connectivity index (χ3n) is 5.28. The summed E-state index contributed by atoms with van der Waals surface area (Å²) in [4.78, 5) is 28.3. The summed E-state index contributed by atoms with van der Waals surface area (Å²) in [6.07, 6.45) is 0. The van der Waals surface area contributed by atoms with Crippen molar-refractivity contribution in [3.8, 4) is 5.69 Å². The minimum atomic E-state index is -0.316. The molecular formula is C25H24N4O2. The minimum absolute atomic E-state index is 0.0106. The molecule has 0 aliphatic rings. The Morgan fingerprint density at radius 3 is 2.13 bits per heavy atom. The van der Waals surface area contributed by atoms with Crippen LogP contribution in [0.15, 0.2) is 89.7 Å². The minimum Gasteiger partial charge on any atom is -0.349 e. The monoisotopic (exact) mass is 412 g/mol. The summed E-state index contributed by atoms with van der Waals surface area (Å²) in [5, 5.41) is 8.45. The van der Waals surface area contributed by atoms with Gasteiger partial charge in [-0.25, -0.2) is 0 Å². The van der Waals surface area contributed by atoms with Gasteiger partial charge in [-0.15, -0.1) is 0 Å². The van der Waals surface area contributed by atoms with Crippen molar-refractivity contribution in [2.24, 2.45) is 0 Å². The number of rotatable bonds is 6. The van der Waals surface area contributed by atoms with Gasteiger partial charge in [0, 0.05) is 11.9 Å². The highest BCUT2D eigenvalue weighted by Crippen LogP contribution is 2.18. The Morgan fingerprint density at radius 1 is 0.903 bits per heavy atom. The number of likely N-dealkylation sites (N-methyl/N-ethyl adjacent to an activating group) is 1. The van der Waals surface area contributed by atoms with Gasteiger partial charge >= 0.3 is 0 Å². The van der Waals surface area contributed by atoms with Crippen molar-refractivity contribution < 1.29 is 4.79 Å². The number of aromatic nitrogens is 2. The molecule has 1 heterocycles. The fraction of sp³-hybridized carbons (Fsp3) is 0.160. The van der Waals surface area contributed by atoms with Gasteiger partial charge in [0.1, 0.15) is 0 Å². The van der Waals surface area contributed by atoms with E-state index in [1.165, 1.54) is 4.68 Å². The lowest BCUT2D eigenvalue weighted by molar-refractivity contribution is 0.0937. The molecule has 0 saturated carbocycles. The number of carbonyl (C=O) groups excluding carboxylic acids is 1. The van der Waals surface area contributed by atoms with Gasteiger partial charge in [-0.1, -0.05) is 66.7 Å². The molecule has 4 rings (SSSR count). The van der Waals surface area contributed by atoms with Crippen molar-refractivity contribution in [3.05, 3.63) is 107 Å². The van der Waals surface area contributed by atoms with E-state index in [1.54, 1.807) is 36.4 Å². The summed E-state index contributed by atoms with van der Waals surface area (Å²) in [6, 6.07) is 26.2. The lowest BCUT2D eigenvalue weighted by Crippen LogP contribution is -2.36. The molecule has 0 spiro atoms. The zero-order valence-corrected chi connectivity index (χ0v) is 17.5. The Bertz CT molecular complexity index is 1250. The van der Waals surface area contributed by atoms with Gasteiger partial charge in [-0.2, -0.15) is 9.78 Å².